The van der Waals surface area contributed by atoms with Crippen molar-refractivity contribution in [2.45, 2.75) is 26.3 Å². The molecule has 0 fully saturated rings. The summed E-state index contributed by atoms with van der Waals surface area (Å²) in [6.45, 7) is 6.17. The van der Waals surface area contributed by atoms with Gasteiger partial charge in [-0.05, 0) is 37.0 Å². The molecule has 3 heteroatoms. The van der Waals surface area contributed by atoms with E-state index in [1.807, 2.05) is 0 Å². The average Bonchev–Trinajstić information content (AvgIpc) is 2.32. The van der Waals surface area contributed by atoms with Gasteiger partial charge in [0.25, 0.3) is 0 Å². The first-order valence-electron chi connectivity index (χ1n) is 6.04. The maximum absolute atomic E-state index is 6.12. The monoisotopic (exact) mass is 237 g/mol. The Morgan fingerprint density at radius 2 is 1.88 bits per heavy atom. The third-order valence-corrected chi connectivity index (χ3v) is 2.96. The molecule has 0 heterocycles. The van der Waals surface area contributed by atoms with Crippen LogP contribution in [-0.4, -0.2) is 26.9 Å². The zero-order valence-corrected chi connectivity index (χ0v) is 11.0. The standard InChI is InChI=1S/C14H23NO2/c1-11-4-5-13(10-12(11)2)14(15)6-7-17-9-8-16-3/h4-5,10,14H,6-9,15H2,1-3H3. The first-order chi connectivity index (χ1) is 8.15. The minimum Gasteiger partial charge on any atom is -0.382 e. The van der Waals surface area contributed by atoms with Gasteiger partial charge in [-0.3, -0.25) is 0 Å². The van der Waals surface area contributed by atoms with E-state index >= 15 is 0 Å². The van der Waals surface area contributed by atoms with E-state index < -0.39 is 0 Å². The summed E-state index contributed by atoms with van der Waals surface area (Å²) in [4.78, 5) is 0. The van der Waals surface area contributed by atoms with Gasteiger partial charge in [0, 0.05) is 19.8 Å². The number of methoxy groups -OCH3 is 1. The molecule has 1 aromatic rings. The summed E-state index contributed by atoms with van der Waals surface area (Å²) in [6, 6.07) is 6.44. The van der Waals surface area contributed by atoms with Crippen LogP contribution in [0.4, 0.5) is 0 Å². The molecule has 0 aromatic heterocycles. The Bertz CT molecular complexity index is 339. The zero-order valence-electron chi connectivity index (χ0n) is 11.0. The maximum atomic E-state index is 6.12. The van der Waals surface area contributed by atoms with E-state index in [0.29, 0.717) is 19.8 Å². The first-order valence-corrected chi connectivity index (χ1v) is 6.04. The van der Waals surface area contributed by atoms with Gasteiger partial charge < -0.3 is 15.2 Å². The van der Waals surface area contributed by atoms with Crippen molar-refractivity contribution in [1.82, 2.24) is 0 Å². The molecule has 1 aromatic carbocycles. The lowest BCUT2D eigenvalue weighted by molar-refractivity contribution is 0.0672. The number of benzene rings is 1. The molecule has 0 saturated heterocycles. The Balaban J connectivity index is 2.36. The van der Waals surface area contributed by atoms with Crippen LogP contribution in [0.3, 0.4) is 0 Å². The molecule has 0 saturated carbocycles. The van der Waals surface area contributed by atoms with Crippen LogP contribution < -0.4 is 5.73 Å². The summed E-state index contributed by atoms with van der Waals surface area (Å²) in [5.74, 6) is 0. The lowest BCUT2D eigenvalue weighted by Gasteiger charge is -2.13. The molecule has 17 heavy (non-hydrogen) atoms. The largest absolute Gasteiger partial charge is 0.382 e. The fraction of sp³-hybridized carbons (Fsp3) is 0.571. The highest BCUT2D eigenvalue weighted by Gasteiger charge is 2.06. The topological polar surface area (TPSA) is 44.5 Å². The molecule has 3 nitrogen and oxygen atoms in total. The van der Waals surface area contributed by atoms with E-state index in [4.69, 9.17) is 15.2 Å². The molecule has 0 amide bonds. The summed E-state index contributed by atoms with van der Waals surface area (Å²) in [5, 5.41) is 0. The van der Waals surface area contributed by atoms with Crippen LogP contribution in [0, 0.1) is 13.8 Å². The predicted octanol–water partition coefficient (Wildman–Crippen LogP) is 2.36. The quantitative estimate of drug-likeness (QED) is 0.740. The van der Waals surface area contributed by atoms with Gasteiger partial charge in [0.1, 0.15) is 0 Å². The zero-order chi connectivity index (χ0) is 12.7. The normalized spacial score (nSPS) is 12.7. The van der Waals surface area contributed by atoms with E-state index in [9.17, 15) is 0 Å². The molecule has 0 aliphatic carbocycles. The van der Waals surface area contributed by atoms with Crippen molar-refractivity contribution < 1.29 is 9.47 Å². The van der Waals surface area contributed by atoms with Crippen LogP contribution >= 0.6 is 0 Å². The molecule has 2 N–H and O–H groups in total. The van der Waals surface area contributed by atoms with Crippen LogP contribution in [0.2, 0.25) is 0 Å². The van der Waals surface area contributed by atoms with Crippen molar-refractivity contribution in [3.63, 3.8) is 0 Å². The van der Waals surface area contributed by atoms with Gasteiger partial charge in [-0.1, -0.05) is 18.2 Å². The second kappa shape index (κ2) is 7.43. The Morgan fingerprint density at radius 1 is 1.12 bits per heavy atom. The third-order valence-electron chi connectivity index (χ3n) is 2.96. The molecule has 0 bridgehead atoms. The fourth-order valence-electron chi connectivity index (χ4n) is 1.62. The SMILES string of the molecule is COCCOCCC(N)c1ccc(C)c(C)c1. The number of nitrogens with two attached hydrogens (primary N) is 1. The highest BCUT2D eigenvalue weighted by atomic mass is 16.5. The lowest BCUT2D eigenvalue weighted by Crippen LogP contribution is -2.14. The summed E-state index contributed by atoms with van der Waals surface area (Å²) in [7, 11) is 1.67. The molecule has 1 atom stereocenters. The minimum atomic E-state index is 0.0526. The number of ether oxygens (including phenoxy) is 2. The molecule has 0 spiro atoms. The number of rotatable bonds is 7. The number of hydrogen-bond acceptors (Lipinski definition) is 3. The molecule has 1 unspecified atom stereocenters. The molecule has 0 aliphatic heterocycles. The molecule has 96 valence electrons. The van der Waals surface area contributed by atoms with Gasteiger partial charge >= 0.3 is 0 Å². The van der Waals surface area contributed by atoms with Crippen LogP contribution in [0.25, 0.3) is 0 Å². The average molecular weight is 237 g/mol. The van der Waals surface area contributed by atoms with Crippen molar-refractivity contribution >= 4 is 0 Å². The first kappa shape index (κ1) is 14.2. The Hall–Kier alpha value is -0.900. The van der Waals surface area contributed by atoms with E-state index in [0.717, 1.165) is 6.42 Å². The van der Waals surface area contributed by atoms with Crippen LogP contribution in [0.5, 0.6) is 0 Å². The predicted molar refractivity (Wildman–Crippen MR) is 70.2 cm³/mol. The number of aryl methyl sites for hydroxylation is 2. The van der Waals surface area contributed by atoms with Gasteiger partial charge in [-0.2, -0.15) is 0 Å². The van der Waals surface area contributed by atoms with Crippen molar-refractivity contribution in [2.75, 3.05) is 26.9 Å². The van der Waals surface area contributed by atoms with Gasteiger partial charge in [0.15, 0.2) is 0 Å². The smallest absolute Gasteiger partial charge is 0.0700 e. The van der Waals surface area contributed by atoms with E-state index in [1.165, 1.54) is 16.7 Å². The van der Waals surface area contributed by atoms with Crippen LogP contribution in [0.1, 0.15) is 29.2 Å². The lowest BCUT2D eigenvalue weighted by atomic mass is 10.00. The summed E-state index contributed by atoms with van der Waals surface area (Å²) in [5.41, 5.74) is 9.89. The van der Waals surface area contributed by atoms with Crippen molar-refractivity contribution in [2.24, 2.45) is 5.73 Å². The Labute approximate surface area is 104 Å². The Kier molecular flexibility index (Phi) is 6.19. The summed E-state index contributed by atoms with van der Waals surface area (Å²) >= 11 is 0. The van der Waals surface area contributed by atoms with Gasteiger partial charge in [-0.25, -0.2) is 0 Å². The minimum absolute atomic E-state index is 0.0526. The van der Waals surface area contributed by atoms with Crippen LogP contribution in [0.15, 0.2) is 18.2 Å². The van der Waals surface area contributed by atoms with Gasteiger partial charge in [0.2, 0.25) is 0 Å². The van der Waals surface area contributed by atoms with E-state index in [1.54, 1.807) is 7.11 Å². The van der Waals surface area contributed by atoms with Gasteiger partial charge in [0.05, 0.1) is 13.2 Å². The van der Waals surface area contributed by atoms with E-state index in [-0.39, 0.29) is 6.04 Å². The highest BCUT2D eigenvalue weighted by Crippen LogP contribution is 2.17. The fourth-order valence-corrected chi connectivity index (χ4v) is 1.62. The summed E-state index contributed by atoms with van der Waals surface area (Å²) in [6.07, 6.45) is 0.839. The molecule has 0 aliphatic rings. The van der Waals surface area contributed by atoms with Crippen molar-refractivity contribution in [3.05, 3.63) is 34.9 Å². The molecular formula is C14H23NO2. The van der Waals surface area contributed by atoms with Crippen LogP contribution in [-0.2, 0) is 9.47 Å². The highest BCUT2D eigenvalue weighted by molar-refractivity contribution is 5.31. The molecular weight excluding hydrogens is 214 g/mol. The second-order valence-corrected chi connectivity index (χ2v) is 4.34. The summed E-state index contributed by atoms with van der Waals surface area (Å²) < 4.78 is 10.3. The van der Waals surface area contributed by atoms with Gasteiger partial charge in [-0.15, -0.1) is 0 Å². The molecule has 0 radical (unpaired) electrons. The third kappa shape index (κ3) is 4.86. The van der Waals surface area contributed by atoms with Crippen molar-refractivity contribution in [3.8, 4) is 0 Å². The Morgan fingerprint density at radius 3 is 2.53 bits per heavy atom. The maximum Gasteiger partial charge on any atom is 0.0700 e. The second-order valence-electron chi connectivity index (χ2n) is 4.34. The molecule has 1 rings (SSSR count). The van der Waals surface area contributed by atoms with Crippen molar-refractivity contribution in [1.29, 1.82) is 0 Å². The van der Waals surface area contributed by atoms with E-state index in [2.05, 4.69) is 32.0 Å². The number of hydrogen-bond donors (Lipinski definition) is 1.